The number of thioether (sulfide) groups is 1. The van der Waals surface area contributed by atoms with Gasteiger partial charge in [-0.25, -0.2) is 4.79 Å². The van der Waals surface area contributed by atoms with Gasteiger partial charge in [0.15, 0.2) is 11.0 Å². The largest absolute Gasteiger partial charge is 0.465 e. The van der Waals surface area contributed by atoms with Gasteiger partial charge in [-0.2, -0.15) is 0 Å². The van der Waals surface area contributed by atoms with Crippen LogP contribution in [0, 0.1) is 6.92 Å². The van der Waals surface area contributed by atoms with E-state index in [4.69, 9.17) is 4.74 Å². The molecule has 0 aliphatic rings. The van der Waals surface area contributed by atoms with Crippen molar-refractivity contribution in [3.8, 4) is 11.4 Å². The lowest BCUT2D eigenvalue weighted by molar-refractivity contribution is -0.113. The second-order valence-corrected chi connectivity index (χ2v) is 11.3. The summed E-state index contributed by atoms with van der Waals surface area (Å²) < 4.78 is 6.93. The fourth-order valence-electron chi connectivity index (χ4n) is 3.56. The topological polar surface area (TPSA) is 106 Å². The summed E-state index contributed by atoms with van der Waals surface area (Å²) in [5.74, 6) is -0.292. The minimum Gasteiger partial charge on any atom is -0.465 e. The second kappa shape index (κ2) is 12.5. The highest BCUT2D eigenvalue weighted by Crippen LogP contribution is 2.35. The lowest BCUT2D eigenvalue weighted by Gasteiger charge is -2.09. The first-order valence-corrected chi connectivity index (χ1v) is 14.3. The Hall–Kier alpha value is -2.70. The van der Waals surface area contributed by atoms with E-state index in [-0.39, 0.29) is 23.1 Å². The number of anilines is 1. The number of hydrogen-bond donors (Lipinski definition) is 1. The molecular weight excluding hydrogens is 518 g/mol. The number of aryl methyl sites for hydroxylation is 1. The molecule has 3 rings (SSSR count). The average molecular weight is 550 g/mol. The molecule has 3 aromatic heterocycles. The van der Waals surface area contributed by atoms with Gasteiger partial charge in [0.1, 0.15) is 5.00 Å². The maximum absolute atomic E-state index is 12.9. The van der Waals surface area contributed by atoms with E-state index < -0.39 is 5.97 Å². The molecule has 0 unspecified atom stereocenters. The fraction of sp³-hybridized carbons (Fsp3) is 0.458. The van der Waals surface area contributed by atoms with Gasteiger partial charge < -0.3 is 19.5 Å². The Morgan fingerprint density at radius 3 is 2.58 bits per heavy atom. The predicted molar refractivity (Wildman–Crippen MR) is 145 cm³/mol. The van der Waals surface area contributed by atoms with Crippen molar-refractivity contribution in [2.75, 3.05) is 32.3 Å². The van der Waals surface area contributed by atoms with Gasteiger partial charge in [0, 0.05) is 36.5 Å². The summed E-state index contributed by atoms with van der Waals surface area (Å²) in [5.41, 5.74) is 1.72. The first-order chi connectivity index (χ1) is 17.2. The molecule has 0 saturated heterocycles. The third-order valence-electron chi connectivity index (χ3n) is 5.29. The first-order valence-electron chi connectivity index (χ1n) is 11.6. The number of esters is 1. The van der Waals surface area contributed by atoms with E-state index in [2.05, 4.69) is 40.8 Å². The van der Waals surface area contributed by atoms with Gasteiger partial charge in [0.05, 0.1) is 23.3 Å². The fourth-order valence-corrected chi connectivity index (χ4v) is 6.52. The number of hydrogen-bond acceptors (Lipinski definition) is 9. The van der Waals surface area contributed by atoms with Crippen LogP contribution in [0.3, 0.4) is 0 Å². The lowest BCUT2D eigenvalue weighted by atomic mass is 10.1. The minimum absolute atomic E-state index is 0.0705. The highest BCUT2D eigenvalue weighted by Gasteiger charge is 2.27. The maximum atomic E-state index is 12.9. The van der Waals surface area contributed by atoms with Crippen LogP contribution in [0.25, 0.3) is 11.4 Å². The number of amides is 2. The van der Waals surface area contributed by atoms with Crippen LogP contribution in [-0.4, -0.2) is 64.4 Å². The Kier molecular flexibility index (Phi) is 9.69. The van der Waals surface area contributed by atoms with Crippen LogP contribution < -0.4 is 5.32 Å². The summed E-state index contributed by atoms with van der Waals surface area (Å²) in [6.45, 7) is 6.65. The number of aromatic nitrogens is 3. The standard InChI is InChI=1S/C24H31N5O4S3/c1-7-9-16-11-15(12-34-16)20-26-27-24(29(20)10-8-2)35-13-17(30)25-21-18(23(32)33-6)14(3)19(36-21)22(31)28(4)5/h11-12H,7-10,13H2,1-6H3,(H,25,30). The van der Waals surface area contributed by atoms with Gasteiger partial charge in [0.2, 0.25) is 5.91 Å². The van der Waals surface area contributed by atoms with Crippen LogP contribution in [0.2, 0.25) is 0 Å². The third kappa shape index (κ3) is 6.16. The van der Waals surface area contributed by atoms with Crippen molar-refractivity contribution in [1.29, 1.82) is 0 Å². The summed E-state index contributed by atoms with van der Waals surface area (Å²) in [6.07, 6.45) is 3.02. The van der Waals surface area contributed by atoms with E-state index in [1.807, 2.05) is 4.57 Å². The van der Waals surface area contributed by atoms with Gasteiger partial charge in [-0.15, -0.1) is 32.9 Å². The molecule has 0 spiro atoms. The van der Waals surface area contributed by atoms with Crippen molar-refractivity contribution in [1.82, 2.24) is 19.7 Å². The molecule has 0 atom stereocenters. The maximum Gasteiger partial charge on any atom is 0.341 e. The van der Waals surface area contributed by atoms with E-state index in [9.17, 15) is 14.4 Å². The molecule has 3 aromatic rings. The van der Waals surface area contributed by atoms with Gasteiger partial charge in [-0.3, -0.25) is 9.59 Å². The van der Waals surface area contributed by atoms with Gasteiger partial charge >= 0.3 is 5.97 Å². The van der Waals surface area contributed by atoms with E-state index in [1.165, 1.54) is 28.6 Å². The molecule has 194 valence electrons. The molecule has 1 N–H and O–H groups in total. The van der Waals surface area contributed by atoms with E-state index in [0.29, 0.717) is 20.6 Å². The average Bonchev–Trinajstić information content (AvgIpc) is 3.55. The van der Waals surface area contributed by atoms with Crippen LogP contribution in [0.4, 0.5) is 5.00 Å². The predicted octanol–water partition coefficient (Wildman–Crippen LogP) is 4.96. The monoisotopic (exact) mass is 549 g/mol. The van der Waals surface area contributed by atoms with Crippen molar-refractivity contribution in [3.05, 3.63) is 32.3 Å². The molecule has 0 saturated carbocycles. The number of ether oxygens (including phenoxy) is 1. The number of thiophene rings is 2. The second-order valence-electron chi connectivity index (χ2n) is 8.30. The van der Waals surface area contributed by atoms with Crippen molar-refractivity contribution >= 4 is 57.2 Å². The van der Waals surface area contributed by atoms with Crippen LogP contribution in [0.5, 0.6) is 0 Å². The number of nitrogens with zero attached hydrogens (tertiary/aromatic N) is 4. The first kappa shape index (κ1) is 27.9. The Labute approximate surface area is 223 Å². The number of methoxy groups -OCH3 is 1. The highest BCUT2D eigenvalue weighted by atomic mass is 32.2. The summed E-state index contributed by atoms with van der Waals surface area (Å²) in [5, 5.41) is 14.6. The van der Waals surface area contributed by atoms with Crippen LogP contribution >= 0.6 is 34.4 Å². The zero-order chi connectivity index (χ0) is 26.4. The Morgan fingerprint density at radius 1 is 1.19 bits per heavy atom. The third-order valence-corrected chi connectivity index (χ3v) is 8.45. The van der Waals surface area contributed by atoms with Gasteiger partial charge in [-0.1, -0.05) is 32.0 Å². The molecule has 2 amide bonds. The molecular formula is C24H31N5O4S3. The van der Waals surface area contributed by atoms with Gasteiger partial charge in [-0.05, 0) is 31.4 Å². The van der Waals surface area contributed by atoms with Crippen LogP contribution in [0.15, 0.2) is 16.6 Å². The molecule has 0 fully saturated rings. The van der Waals surface area contributed by atoms with Gasteiger partial charge in [0.25, 0.3) is 5.91 Å². The van der Waals surface area contributed by atoms with E-state index in [1.54, 1.807) is 32.4 Å². The van der Waals surface area contributed by atoms with Crippen molar-refractivity contribution in [2.45, 2.75) is 51.7 Å². The molecule has 36 heavy (non-hydrogen) atoms. The molecule has 3 heterocycles. The number of carbonyl (C=O) groups is 3. The lowest BCUT2D eigenvalue weighted by Crippen LogP contribution is -2.21. The Balaban J connectivity index is 1.78. The molecule has 9 nitrogen and oxygen atoms in total. The quantitative estimate of drug-likeness (QED) is 0.266. The number of rotatable bonds is 11. The summed E-state index contributed by atoms with van der Waals surface area (Å²) in [6, 6.07) is 2.16. The summed E-state index contributed by atoms with van der Waals surface area (Å²) >= 11 is 4.07. The molecule has 0 aliphatic carbocycles. The highest BCUT2D eigenvalue weighted by molar-refractivity contribution is 7.99. The SMILES string of the molecule is CCCc1cc(-c2nnc(SCC(=O)Nc3sc(C(=O)N(C)C)c(C)c3C(=O)OC)n2CCC)cs1. The summed E-state index contributed by atoms with van der Waals surface area (Å²) in [4.78, 5) is 40.9. The molecule has 0 radical (unpaired) electrons. The Bertz CT molecular complexity index is 1240. The van der Waals surface area contributed by atoms with Crippen LogP contribution in [0.1, 0.15) is 57.2 Å². The molecule has 0 aliphatic heterocycles. The summed E-state index contributed by atoms with van der Waals surface area (Å²) in [7, 11) is 4.54. The number of carbonyl (C=O) groups excluding carboxylic acids is 3. The number of nitrogens with one attached hydrogen (secondary N) is 1. The minimum atomic E-state index is -0.602. The normalized spacial score (nSPS) is 10.9. The smallest absolute Gasteiger partial charge is 0.341 e. The van der Waals surface area contributed by atoms with Crippen molar-refractivity contribution in [2.24, 2.45) is 0 Å². The Morgan fingerprint density at radius 2 is 1.94 bits per heavy atom. The van der Waals surface area contributed by atoms with E-state index >= 15 is 0 Å². The zero-order valence-electron chi connectivity index (χ0n) is 21.3. The molecule has 0 aromatic carbocycles. The van der Waals surface area contributed by atoms with Crippen molar-refractivity contribution in [3.63, 3.8) is 0 Å². The zero-order valence-corrected chi connectivity index (χ0v) is 23.8. The van der Waals surface area contributed by atoms with E-state index in [0.717, 1.165) is 48.5 Å². The molecule has 0 bridgehead atoms. The molecule has 12 heteroatoms. The van der Waals surface area contributed by atoms with Crippen molar-refractivity contribution < 1.29 is 19.1 Å². The van der Waals surface area contributed by atoms with Crippen LogP contribution in [-0.2, 0) is 22.5 Å².